The fraction of sp³-hybridized carbons (Fsp3) is 0.562. The van der Waals surface area contributed by atoms with Gasteiger partial charge in [0, 0.05) is 26.1 Å². The molecule has 0 amide bonds. The normalized spacial score (nSPS) is 21.5. The van der Waals surface area contributed by atoms with Crippen molar-refractivity contribution in [3.8, 4) is 0 Å². The average Bonchev–Trinajstić information content (AvgIpc) is 3.14. The quantitative estimate of drug-likeness (QED) is 0.856. The molecule has 0 radical (unpaired) electrons. The lowest BCUT2D eigenvalue weighted by Crippen LogP contribution is -2.34. The van der Waals surface area contributed by atoms with Gasteiger partial charge in [0.1, 0.15) is 0 Å². The van der Waals surface area contributed by atoms with Crippen molar-refractivity contribution >= 4 is 17.2 Å². The van der Waals surface area contributed by atoms with Gasteiger partial charge in [0.05, 0.1) is 4.99 Å². The maximum absolute atomic E-state index is 5.74. The highest BCUT2D eigenvalue weighted by Crippen LogP contribution is 2.49. The highest BCUT2D eigenvalue weighted by Gasteiger charge is 2.44. The molecular formula is C16H22N2S. The van der Waals surface area contributed by atoms with Gasteiger partial charge in [0.2, 0.25) is 0 Å². The lowest BCUT2D eigenvalue weighted by Gasteiger charge is -2.25. The largest absolute Gasteiger partial charge is 0.393 e. The predicted octanol–water partition coefficient (Wildman–Crippen LogP) is 2.54. The minimum Gasteiger partial charge on any atom is -0.393 e. The van der Waals surface area contributed by atoms with Crippen LogP contribution in [0.1, 0.15) is 30.4 Å². The van der Waals surface area contributed by atoms with E-state index in [1.807, 2.05) is 0 Å². The molecule has 1 aliphatic carbocycles. The van der Waals surface area contributed by atoms with E-state index >= 15 is 0 Å². The number of nitrogens with two attached hydrogens (primary N) is 1. The van der Waals surface area contributed by atoms with Crippen molar-refractivity contribution < 1.29 is 0 Å². The van der Waals surface area contributed by atoms with Crippen molar-refractivity contribution in [2.24, 2.45) is 11.1 Å². The van der Waals surface area contributed by atoms with Gasteiger partial charge in [-0.2, -0.15) is 0 Å². The Morgan fingerprint density at radius 1 is 1.16 bits per heavy atom. The third kappa shape index (κ3) is 3.15. The first-order valence-corrected chi connectivity index (χ1v) is 7.65. The van der Waals surface area contributed by atoms with Gasteiger partial charge in [0.15, 0.2) is 0 Å². The van der Waals surface area contributed by atoms with Crippen molar-refractivity contribution in [1.82, 2.24) is 4.90 Å². The van der Waals surface area contributed by atoms with Gasteiger partial charge in [-0.15, -0.1) is 0 Å². The Balaban J connectivity index is 1.62. The summed E-state index contributed by atoms with van der Waals surface area (Å²) in [6, 6.07) is 8.87. The summed E-state index contributed by atoms with van der Waals surface area (Å²) in [7, 11) is 0. The molecular weight excluding hydrogens is 252 g/mol. The smallest absolute Gasteiger partial charge is 0.0733 e. The van der Waals surface area contributed by atoms with Crippen molar-refractivity contribution in [2.75, 3.05) is 19.6 Å². The van der Waals surface area contributed by atoms with E-state index in [1.54, 1.807) is 0 Å². The average molecular weight is 274 g/mol. The molecule has 1 saturated carbocycles. The van der Waals surface area contributed by atoms with E-state index in [0.717, 1.165) is 6.42 Å². The van der Waals surface area contributed by atoms with E-state index in [1.165, 1.54) is 56.4 Å². The minimum atomic E-state index is 0.419. The Bertz CT molecular complexity index is 452. The van der Waals surface area contributed by atoms with E-state index in [4.69, 9.17) is 18.0 Å². The molecule has 0 spiro atoms. The van der Waals surface area contributed by atoms with Gasteiger partial charge < -0.3 is 10.6 Å². The van der Waals surface area contributed by atoms with Crippen LogP contribution in [0.25, 0.3) is 0 Å². The van der Waals surface area contributed by atoms with Crippen molar-refractivity contribution in [3.63, 3.8) is 0 Å². The molecule has 0 bridgehead atoms. The number of nitrogens with zero attached hydrogens (tertiary/aromatic N) is 1. The second kappa shape index (κ2) is 5.22. The van der Waals surface area contributed by atoms with Gasteiger partial charge in [-0.1, -0.05) is 36.5 Å². The third-order valence-corrected chi connectivity index (χ3v) is 4.72. The summed E-state index contributed by atoms with van der Waals surface area (Å²) in [5.74, 6) is 0. The number of thiocarbonyl (C=S) groups is 1. The third-order valence-electron chi connectivity index (χ3n) is 4.58. The Labute approximate surface area is 121 Å². The number of benzene rings is 1. The number of hydrogen-bond acceptors (Lipinski definition) is 2. The molecule has 0 aromatic heterocycles. The van der Waals surface area contributed by atoms with Crippen LogP contribution in [0.5, 0.6) is 0 Å². The van der Waals surface area contributed by atoms with Crippen LogP contribution in [0, 0.1) is 5.41 Å². The zero-order valence-corrected chi connectivity index (χ0v) is 12.2. The van der Waals surface area contributed by atoms with Crippen LogP contribution in [0.15, 0.2) is 24.3 Å². The topological polar surface area (TPSA) is 29.3 Å². The molecule has 3 rings (SSSR count). The van der Waals surface area contributed by atoms with E-state index in [2.05, 4.69) is 29.2 Å². The molecule has 0 atom stereocenters. The maximum atomic E-state index is 5.74. The molecule has 2 aliphatic rings. The number of hydrogen-bond donors (Lipinski definition) is 1. The van der Waals surface area contributed by atoms with E-state index in [9.17, 15) is 0 Å². The summed E-state index contributed by atoms with van der Waals surface area (Å²) < 4.78 is 0. The molecule has 1 aromatic rings. The van der Waals surface area contributed by atoms with Crippen LogP contribution in [-0.2, 0) is 12.8 Å². The molecule has 1 heterocycles. The molecule has 3 heteroatoms. The lowest BCUT2D eigenvalue weighted by molar-refractivity contribution is 0.231. The Kier molecular flexibility index (Phi) is 3.59. The van der Waals surface area contributed by atoms with Crippen LogP contribution in [-0.4, -0.2) is 29.5 Å². The summed E-state index contributed by atoms with van der Waals surface area (Å²) in [6.45, 7) is 3.53. The van der Waals surface area contributed by atoms with Crippen LogP contribution < -0.4 is 5.73 Å². The van der Waals surface area contributed by atoms with Crippen LogP contribution in [0.2, 0.25) is 0 Å². The van der Waals surface area contributed by atoms with Gasteiger partial charge in [-0.25, -0.2) is 0 Å². The SMILES string of the molecule is NC(=S)CC1(CN2CCc3ccccc3CC2)CC1. The summed E-state index contributed by atoms with van der Waals surface area (Å²) >= 11 is 5.09. The summed E-state index contributed by atoms with van der Waals surface area (Å²) in [4.78, 5) is 3.31. The Hall–Kier alpha value is -0.930. The van der Waals surface area contributed by atoms with Gasteiger partial charge >= 0.3 is 0 Å². The molecule has 1 aromatic carbocycles. The predicted molar refractivity (Wildman–Crippen MR) is 83.4 cm³/mol. The highest BCUT2D eigenvalue weighted by molar-refractivity contribution is 7.80. The monoisotopic (exact) mass is 274 g/mol. The van der Waals surface area contributed by atoms with Crippen LogP contribution >= 0.6 is 12.2 Å². The Morgan fingerprint density at radius 3 is 2.21 bits per heavy atom. The lowest BCUT2D eigenvalue weighted by atomic mass is 10.0. The molecule has 1 aliphatic heterocycles. The van der Waals surface area contributed by atoms with Crippen molar-refractivity contribution in [3.05, 3.63) is 35.4 Å². The zero-order chi connectivity index (χ0) is 13.3. The highest BCUT2D eigenvalue weighted by atomic mass is 32.1. The van der Waals surface area contributed by atoms with E-state index in [0.29, 0.717) is 10.4 Å². The second-order valence-electron chi connectivity index (χ2n) is 6.19. The van der Waals surface area contributed by atoms with Crippen molar-refractivity contribution in [1.29, 1.82) is 0 Å². The second-order valence-corrected chi connectivity index (χ2v) is 6.71. The molecule has 19 heavy (non-hydrogen) atoms. The Morgan fingerprint density at radius 2 is 1.74 bits per heavy atom. The fourth-order valence-electron chi connectivity index (χ4n) is 3.28. The summed E-state index contributed by atoms with van der Waals surface area (Å²) in [5, 5.41) is 0. The first-order chi connectivity index (χ1) is 9.17. The first-order valence-electron chi connectivity index (χ1n) is 7.24. The molecule has 2 nitrogen and oxygen atoms in total. The molecule has 102 valence electrons. The van der Waals surface area contributed by atoms with Crippen molar-refractivity contribution in [2.45, 2.75) is 32.1 Å². The molecule has 2 N–H and O–H groups in total. The molecule has 0 saturated heterocycles. The van der Waals surface area contributed by atoms with E-state index in [-0.39, 0.29) is 0 Å². The number of rotatable bonds is 4. The maximum Gasteiger partial charge on any atom is 0.0733 e. The fourth-order valence-corrected chi connectivity index (χ4v) is 3.59. The van der Waals surface area contributed by atoms with Gasteiger partial charge in [-0.05, 0) is 42.2 Å². The summed E-state index contributed by atoms with van der Waals surface area (Å²) in [5.41, 5.74) is 9.22. The van der Waals surface area contributed by atoms with Gasteiger partial charge in [0.25, 0.3) is 0 Å². The summed E-state index contributed by atoms with van der Waals surface area (Å²) in [6.07, 6.45) is 5.89. The standard InChI is InChI=1S/C16H22N2S/c17-15(19)11-16(7-8-16)12-18-9-5-13-3-1-2-4-14(13)6-10-18/h1-4H,5-12H2,(H2,17,19). The van der Waals surface area contributed by atoms with Gasteiger partial charge in [-0.3, -0.25) is 0 Å². The van der Waals surface area contributed by atoms with Crippen LogP contribution in [0.4, 0.5) is 0 Å². The number of fused-ring (bicyclic) bond motifs is 1. The van der Waals surface area contributed by atoms with Crippen LogP contribution in [0.3, 0.4) is 0 Å². The minimum absolute atomic E-state index is 0.419. The first kappa shape index (κ1) is 13.1. The zero-order valence-electron chi connectivity index (χ0n) is 11.4. The molecule has 1 fully saturated rings. The van der Waals surface area contributed by atoms with E-state index < -0.39 is 0 Å². The molecule has 0 unspecified atom stereocenters.